The Morgan fingerprint density at radius 1 is 1.23 bits per heavy atom. The van der Waals surface area contributed by atoms with Crippen molar-refractivity contribution in [2.24, 2.45) is 11.1 Å². The molecule has 0 fully saturated rings. The van der Waals surface area contributed by atoms with E-state index >= 15 is 0 Å². The third-order valence-electron chi connectivity index (χ3n) is 4.46. The van der Waals surface area contributed by atoms with Crippen LogP contribution in [0.5, 0.6) is 0 Å². The first-order valence-corrected chi connectivity index (χ1v) is 8.07. The zero-order chi connectivity index (χ0) is 19.3. The lowest BCUT2D eigenvalue weighted by Gasteiger charge is -2.29. The highest BCUT2D eigenvalue weighted by Gasteiger charge is 2.45. The number of nitrogens with zero attached hydrogens (tertiary/aromatic N) is 2. The van der Waals surface area contributed by atoms with Crippen LogP contribution in [-0.2, 0) is 19.1 Å². The maximum atomic E-state index is 13.4. The molecule has 3 rings (SSSR count). The van der Waals surface area contributed by atoms with Gasteiger partial charge in [0.05, 0.1) is 17.8 Å². The second-order valence-electron chi connectivity index (χ2n) is 7.33. The maximum Gasteiger partial charge on any atom is 0.435 e. The Balaban J connectivity index is 2.05. The molecule has 1 aromatic heterocycles. The number of amides is 1. The van der Waals surface area contributed by atoms with Gasteiger partial charge in [-0.3, -0.25) is 14.3 Å². The third kappa shape index (κ3) is 3.36. The van der Waals surface area contributed by atoms with Gasteiger partial charge in [0, 0.05) is 12.0 Å². The van der Waals surface area contributed by atoms with Gasteiger partial charge >= 0.3 is 6.18 Å². The smallest absolute Gasteiger partial charge is 0.366 e. The maximum absolute atomic E-state index is 13.4. The van der Waals surface area contributed by atoms with Crippen LogP contribution in [0.1, 0.15) is 57.9 Å². The van der Waals surface area contributed by atoms with Crippen molar-refractivity contribution in [1.82, 2.24) is 9.78 Å². The summed E-state index contributed by atoms with van der Waals surface area (Å²) in [5.41, 5.74) is 4.59. The van der Waals surface area contributed by atoms with E-state index in [9.17, 15) is 22.8 Å². The molecule has 2 aromatic rings. The molecule has 0 unspecified atom stereocenters. The van der Waals surface area contributed by atoms with Crippen LogP contribution in [0.25, 0.3) is 0 Å². The van der Waals surface area contributed by atoms with Crippen LogP contribution < -0.4 is 5.73 Å². The van der Waals surface area contributed by atoms with E-state index in [1.54, 1.807) is 12.1 Å². The van der Waals surface area contributed by atoms with Gasteiger partial charge in [-0.2, -0.15) is 18.3 Å². The number of rotatable bonds is 3. The number of aromatic nitrogens is 2. The van der Waals surface area contributed by atoms with Crippen LogP contribution in [0.3, 0.4) is 0 Å². The van der Waals surface area contributed by atoms with E-state index in [-0.39, 0.29) is 18.5 Å². The van der Waals surface area contributed by atoms with Gasteiger partial charge in [-0.05, 0) is 29.5 Å². The van der Waals surface area contributed by atoms with Crippen LogP contribution in [-0.4, -0.2) is 21.5 Å². The van der Waals surface area contributed by atoms with Crippen molar-refractivity contribution in [2.45, 2.75) is 39.4 Å². The number of alkyl halides is 3. The predicted octanol–water partition coefficient (Wildman–Crippen LogP) is 3.20. The number of carbonyl (C=O) groups is 2. The minimum Gasteiger partial charge on any atom is -0.366 e. The van der Waals surface area contributed by atoms with Crippen molar-refractivity contribution in [3.8, 4) is 0 Å². The molecule has 1 aromatic carbocycles. The van der Waals surface area contributed by atoms with Crippen molar-refractivity contribution in [2.75, 3.05) is 0 Å². The fraction of sp³-hybridized carbons (Fsp3) is 0.389. The Hall–Kier alpha value is -2.64. The number of hydrogen-bond acceptors (Lipinski definition) is 3. The number of carbonyl (C=O) groups excluding carboxylic acids is 2. The summed E-state index contributed by atoms with van der Waals surface area (Å²) < 4.78 is 41.3. The van der Waals surface area contributed by atoms with Gasteiger partial charge < -0.3 is 5.73 Å². The van der Waals surface area contributed by atoms with Crippen molar-refractivity contribution in [1.29, 1.82) is 0 Å². The summed E-state index contributed by atoms with van der Waals surface area (Å²) in [6.07, 6.45) is -4.30. The van der Waals surface area contributed by atoms with E-state index in [1.165, 1.54) is 16.8 Å². The number of halogens is 3. The molecule has 1 heterocycles. The van der Waals surface area contributed by atoms with E-state index in [2.05, 4.69) is 5.10 Å². The fourth-order valence-corrected chi connectivity index (χ4v) is 3.28. The van der Waals surface area contributed by atoms with Crippen LogP contribution in [0.2, 0.25) is 0 Å². The molecule has 5 nitrogen and oxygen atoms in total. The Morgan fingerprint density at radius 3 is 2.38 bits per heavy atom. The van der Waals surface area contributed by atoms with Gasteiger partial charge in [-0.25, -0.2) is 0 Å². The van der Waals surface area contributed by atoms with E-state index in [4.69, 9.17) is 5.73 Å². The molecule has 0 spiro atoms. The average Bonchev–Trinajstić information content (AvgIpc) is 2.85. The summed E-state index contributed by atoms with van der Waals surface area (Å²) in [5, 5.41) is 3.71. The molecule has 0 saturated carbocycles. The number of primary amides is 1. The molecule has 0 radical (unpaired) electrons. The zero-order valence-electron chi connectivity index (χ0n) is 14.4. The van der Waals surface area contributed by atoms with Crippen molar-refractivity contribution in [3.63, 3.8) is 0 Å². The highest BCUT2D eigenvalue weighted by Crippen LogP contribution is 2.41. The monoisotopic (exact) mass is 365 g/mol. The number of fused-ring (bicyclic) bond motifs is 1. The number of ketones is 1. The lowest BCUT2D eigenvalue weighted by Crippen LogP contribution is -2.29. The minimum absolute atomic E-state index is 0.0576. The highest BCUT2D eigenvalue weighted by molar-refractivity contribution is 6.00. The minimum atomic E-state index is -4.69. The summed E-state index contributed by atoms with van der Waals surface area (Å²) in [6.45, 7) is 3.76. The molecule has 1 aliphatic rings. The van der Waals surface area contributed by atoms with Gasteiger partial charge in [0.25, 0.3) is 0 Å². The quantitative estimate of drug-likeness (QED) is 0.907. The second kappa shape index (κ2) is 5.96. The Kier molecular flexibility index (Phi) is 4.17. The molecular weight excluding hydrogens is 347 g/mol. The molecule has 138 valence electrons. The topological polar surface area (TPSA) is 78.0 Å². The van der Waals surface area contributed by atoms with Crippen LogP contribution in [0.15, 0.2) is 24.3 Å². The summed E-state index contributed by atoms with van der Waals surface area (Å²) in [5.74, 6) is -1.11. The second-order valence-corrected chi connectivity index (χ2v) is 7.33. The predicted molar refractivity (Wildman–Crippen MR) is 87.7 cm³/mol. The van der Waals surface area contributed by atoms with Crippen LogP contribution in [0.4, 0.5) is 13.2 Å². The van der Waals surface area contributed by atoms with Gasteiger partial charge in [0.2, 0.25) is 5.91 Å². The summed E-state index contributed by atoms with van der Waals surface area (Å²) in [6, 6.07) is 6.23. The number of nitrogens with two attached hydrogens (primary N) is 1. The zero-order valence-corrected chi connectivity index (χ0v) is 14.4. The molecule has 8 heteroatoms. The lowest BCUT2D eigenvalue weighted by molar-refractivity contribution is -0.141. The molecule has 0 saturated heterocycles. The molecule has 26 heavy (non-hydrogen) atoms. The fourth-order valence-electron chi connectivity index (χ4n) is 3.28. The molecule has 0 bridgehead atoms. The van der Waals surface area contributed by atoms with Crippen LogP contribution in [0, 0.1) is 5.41 Å². The molecule has 1 aliphatic carbocycles. The van der Waals surface area contributed by atoms with E-state index < -0.39 is 29.0 Å². The SMILES string of the molecule is CC1(C)CC(=O)c2c(C(F)(F)F)nn(Cc3ccc(C(N)=O)cc3)c2C1. The largest absolute Gasteiger partial charge is 0.435 e. The van der Waals surface area contributed by atoms with Gasteiger partial charge in [-0.1, -0.05) is 26.0 Å². The summed E-state index contributed by atoms with van der Waals surface area (Å²) >= 11 is 0. The Labute approximate surface area is 148 Å². The Bertz CT molecular complexity index is 880. The van der Waals surface area contributed by atoms with E-state index in [1.807, 2.05) is 13.8 Å². The number of benzene rings is 1. The summed E-state index contributed by atoms with van der Waals surface area (Å²) in [7, 11) is 0. The van der Waals surface area contributed by atoms with Crippen molar-refractivity contribution in [3.05, 3.63) is 52.3 Å². The van der Waals surface area contributed by atoms with E-state index in [0.717, 1.165) is 0 Å². The molecule has 2 N–H and O–H groups in total. The number of Topliss-reactive ketones (excluding diaryl/α,β-unsaturated/α-hetero) is 1. The van der Waals surface area contributed by atoms with Gasteiger partial charge in [0.15, 0.2) is 11.5 Å². The first-order chi connectivity index (χ1) is 12.0. The third-order valence-corrected chi connectivity index (χ3v) is 4.46. The first-order valence-electron chi connectivity index (χ1n) is 8.07. The molecule has 0 aliphatic heterocycles. The summed E-state index contributed by atoms with van der Waals surface area (Å²) in [4.78, 5) is 23.5. The van der Waals surface area contributed by atoms with Crippen LogP contribution >= 0.6 is 0 Å². The molecule has 0 atom stereocenters. The highest BCUT2D eigenvalue weighted by atomic mass is 19.4. The Morgan fingerprint density at radius 2 is 1.85 bits per heavy atom. The van der Waals surface area contributed by atoms with Gasteiger partial charge in [-0.15, -0.1) is 0 Å². The van der Waals surface area contributed by atoms with Crippen molar-refractivity contribution < 1.29 is 22.8 Å². The lowest BCUT2D eigenvalue weighted by atomic mass is 9.75. The van der Waals surface area contributed by atoms with Crippen molar-refractivity contribution >= 4 is 11.7 Å². The van der Waals surface area contributed by atoms with E-state index in [0.29, 0.717) is 23.2 Å². The standard InChI is InChI=1S/C18H18F3N3O2/c1-17(2)7-12-14(13(25)8-17)15(18(19,20)21)23-24(12)9-10-3-5-11(6-4-10)16(22)26/h3-6H,7-9H2,1-2H3,(H2,22,26). The first kappa shape index (κ1) is 18.2. The van der Waals surface area contributed by atoms with Gasteiger partial charge in [0.1, 0.15) is 0 Å². The average molecular weight is 365 g/mol. The number of hydrogen-bond donors (Lipinski definition) is 1. The molecule has 1 amide bonds. The molecular formula is C18H18F3N3O2. The normalized spacial score (nSPS) is 16.4.